The minimum atomic E-state index is -1.30. The third-order valence-electron chi connectivity index (χ3n) is 4.90. The molecular formula is C15H23NO4. The second-order valence-corrected chi connectivity index (χ2v) is 6.73. The molecule has 0 aromatic heterocycles. The molecule has 0 aromatic rings. The van der Waals surface area contributed by atoms with Crippen molar-refractivity contribution < 1.29 is 19.5 Å². The fourth-order valence-corrected chi connectivity index (χ4v) is 3.68. The van der Waals surface area contributed by atoms with E-state index in [4.69, 9.17) is 0 Å². The summed E-state index contributed by atoms with van der Waals surface area (Å²) in [5.41, 5.74) is -1.30. The highest BCUT2D eigenvalue weighted by atomic mass is 16.3. The van der Waals surface area contributed by atoms with Crippen LogP contribution in [0.3, 0.4) is 0 Å². The summed E-state index contributed by atoms with van der Waals surface area (Å²) in [6.07, 6.45) is 1.68. The molecule has 2 rings (SSSR count). The number of amides is 2. The number of rotatable bonds is 2. The standard InChI is InChI=1S/C15H23NO4/c1-8-4-9(2)14(19)11(5-8)15(3,20)10-6-12(17)16-13(18)7-10/h8-11,20H,4-7H2,1-3H3,(H,16,17,18). The Kier molecular flexibility index (Phi) is 4.00. The molecule has 20 heavy (non-hydrogen) atoms. The van der Waals surface area contributed by atoms with Gasteiger partial charge in [0.2, 0.25) is 11.8 Å². The second-order valence-electron chi connectivity index (χ2n) is 6.73. The molecule has 2 amide bonds. The van der Waals surface area contributed by atoms with Crippen molar-refractivity contribution in [2.75, 3.05) is 0 Å². The zero-order valence-corrected chi connectivity index (χ0v) is 12.3. The summed E-state index contributed by atoms with van der Waals surface area (Å²) < 4.78 is 0. The lowest BCUT2D eigenvalue weighted by Crippen LogP contribution is -2.54. The quantitative estimate of drug-likeness (QED) is 0.741. The molecule has 2 fully saturated rings. The lowest BCUT2D eigenvalue weighted by atomic mass is 9.64. The smallest absolute Gasteiger partial charge is 0.226 e. The van der Waals surface area contributed by atoms with Crippen LogP contribution in [0.2, 0.25) is 0 Å². The van der Waals surface area contributed by atoms with Crippen molar-refractivity contribution in [2.45, 2.75) is 52.1 Å². The number of hydrogen-bond acceptors (Lipinski definition) is 4. The molecule has 4 atom stereocenters. The van der Waals surface area contributed by atoms with Gasteiger partial charge in [0.15, 0.2) is 0 Å². The van der Waals surface area contributed by atoms with Crippen LogP contribution in [0.1, 0.15) is 46.5 Å². The van der Waals surface area contributed by atoms with Crippen LogP contribution in [0.5, 0.6) is 0 Å². The second kappa shape index (κ2) is 5.28. The number of piperidine rings is 1. The van der Waals surface area contributed by atoms with Gasteiger partial charge in [-0.3, -0.25) is 19.7 Å². The summed E-state index contributed by atoms with van der Waals surface area (Å²) in [5.74, 6) is -1.32. The maximum absolute atomic E-state index is 12.4. The predicted molar refractivity (Wildman–Crippen MR) is 72.6 cm³/mol. The number of aliphatic hydroxyl groups is 1. The third-order valence-corrected chi connectivity index (χ3v) is 4.90. The number of carbonyl (C=O) groups excluding carboxylic acids is 3. The lowest BCUT2D eigenvalue weighted by molar-refractivity contribution is -0.154. The fourth-order valence-electron chi connectivity index (χ4n) is 3.68. The summed E-state index contributed by atoms with van der Waals surface area (Å²) in [6, 6.07) is 0. The van der Waals surface area contributed by atoms with Crippen molar-refractivity contribution in [3.8, 4) is 0 Å². The minimum Gasteiger partial charge on any atom is -0.389 e. The van der Waals surface area contributed by atoms with Crippen LogP contribution < -0.4 is 5.32 Å². The Bertz CT molecular complexity index is 427. The van der Waals surface area contributed by atoms with Crippen LogP contribution in [-0.4, -0.2) is 28.3 Å². The van der Waals surface area contributed by atoms with Crippen LogP contribution in [0, 0.1) is 23.7 Å². The highest BCUT2D eigenvalue weighted by molar-refractivity contribution is 5.98. The Labute approximate surface area is 119 Å². The maximum atomic E-state index is 12.4. The fraction of sp³-hybridized carbons (Fsp3) is 0.800. The number of carbonyl (C=O) groups is 3. The molecule has 0 bridgehead atoms. The number of imide groups is 1. The summed E-state index contributed by atoms with van der Waals surface area (Å²) >= 11 is 0. The maximum Gasteiger partial charge on any atom is 0.226 e. The molecule has 5 heteroatoms. The van der Waals surface area contributed by atoms with E-state index < -0.39 is 17.4 Å². The molecule has 112 valence electrons. The van der Waals surface area contributed by atoms with Gasteiger partial charge in [-0.05, 0) is 25.7 Å². The van der Waals surface area contributed by atoms with Crippen molar-refractivity contribution in [3.63, 3.8) is 0 Å². The Balaban J connectivity index is 2.21. The molecule has 1 aliphatic carbocycles. The topological polar surface area (TPSA) is 83.5 Å². The minimum absolute atomic E-state index is 0.0616. The molecule has 2 N–H and O–H groups in total. The van der Waals surface area contributed by atoms with Crippen molar-refractivity contribution in [3.05, 3.63) is 0 Å². The molecule has 1 saturated carbocycles. The molecule has 0 aromatic carbocycles. The molecule has 1 heterocycles. The summed E-state index contributed by atoms with van der Waals surface area (Å²) in [6.45, 7) is 5.57. The van der Waals surface area contributed by atoms with E-state index in [1.165, 1.54) is 0 Å². The first-order valence-electron chi connectivity index (χ1n) is 7.30. The Hall–Kier alpha value is -1.23. The van der Waals surface area contributed by atoms with Gasteiger partial charge in [0, 0.05) is 30.6 Å². The SMILES string of the molecule is CC1CC(C)C(=O)C(C(C)(O)C2CC(=O)NC(=O)C2)C1. The van der Waals surface area contributed by atoms with Crippen molar-refractivity contribution in [2.24, 2.45) is 23.7 Å². The zero-order chi connectivity index (χ0) is 15.1. The molecule has 0 spiro atoms. The normalized spacial score (nSPS) is 35.6. The molecule has 1 aliphatic heterocycles. The van der Waals surface area contributed by atoms with Crippen molar-refractivity contribution in [1.29, 1.82) is 0 Å². The predicted octanol–water partition coefficient (Wildman–Crippen LogP) is 1.04. The summed E-state index contributed by atoms with van der Waals surface area (Å²) in [4.78, 5) is 35.4. The van der Waals surface area contributed by atoms with E-state index in [0.717, 1.165) is 6.42 Å². The largest absolute Gasteiger partial charge is 0.389 e. The van der Waals surface area contributed by atoms with E-state index in [-0.39, 0.29) is 36.4 Å². The lowest BCUT2D eigenvalue weighted by Gasteiger charge is -2.44. The van der Waals surface area contributed by atoms with Gasteiger partial charge in [0.25, 0.3) is 0 Å². The van der Waals surface area contributed by atoms with Gasteiger partial charge < -0.3 is 5.11 Å². The van der Waals surface area contributed by atoms with Crippen molar-refractivity contribution >= 4 is 17.6 Å². The van der Waals surface area contributed by atoms with E-state index >= 15 is 0 Å². The average Bonchev–Trinajstić information content (AvgIpc) is 2.32. The molecular weight excluding hydrogens is 258 g/mol. The molecule has 1 saturated heterocycles. The molecule has 4 unspecified atom stereocenters. The van der Waals surface area contributed by atoms with E-state index in [0.29, 0.717) is 12.3 Å². The summed E-state index contributed by atoms with van der Waals surface area (Å²) in [7, 11) is 0. The van der Waals surface area contributed by atoms with Crippen molar-refractivity contribution in [1.82, 2.24) is 5.32 Å². The van der Waals surface area contributed by atoms with Gasteiger partial charge in [0.05, 0.1) is 5.60 Å². The highest BCUT2D eigenvalue weighted by Crippen LogP contribution is 2.42. The highest BCUT2D eigenvalue weighted by Gasteiger charge is 2.49. The third kappa shape index (κ3) is 2.77. The first kappa shape index (κ1) is 15.2. The van der Waals surface area contributed by atoms with E-state index in [2.05, 4.69) is 12.2 Å². The number of nitrogens with one attached hydrogen (secondary N) is 1. The molecule has 2 aliphatic rings. The van der Waals surface area contributed by atoms with Gasteiger partial charge >= 0.3 is 0 Å². The van der Waals surface area contributed by atoms with E-state index in [9.17, 15) is 19.5 Å². The van der Waals surface area contributed by atoms with Crippen LogP contribution in [-0.2, 0) is 14.4 Å². The average molecular weight is 281 g/mol. The van der Waals surface area contributed by atoms with Gasteiger partial charge in [-0.2, -0.15) is 0 Å². The summed E-state index contributed by atoms with van der Waals surface area (Å²) in [5, 5.41) is 13.1. The molecule has 0 radical (unpaired) electrons. The van der Waals surface area contributed by atoms with Crippen LogP contribution in [0.15, 0.2) is 0 Å². The Morgan fingerprint density at radius 2 is 1.65 bits per heavy atom. The Morgan fingerprint density at radius 3 is 2.20 bits per heavy atom. The monoisotopic (exact) mass is 281 g/mol. The first-order valence-corrected chi connectivity index (χ1v) is 7.30. The first-order chi connectivity index (χ1) is 9.21. The Morgan fingerprint density at radius 1 is 1.10 bits per heavy atom. The van der Waals surface area contributed by atoms with E-state index in [1.807, 2.05) is 6.92 Å². The number of ketones is 1. The van der Waals surface area contributed by atoms with Crippen LogP contribution in [0.4, 0.5) is 0 Å². The van der Waals surface area contributed by atoms with Gasteiger partial charge in [-0.25, -0.2) is 0 Å². The van der Waals surface area contributed by atoms with E-state index in [1.54, 1.807) is 6.92 Å². The van der Waals surface area contributed by atoms with Gasteiger partial charge in [0.1, 0.15) is 5.78 Å². The zero-order valence-electron chi connectivity index (χ0n) is 12.3. The number of hydrogen-bond donors (Lipinski definition) is 2. The van der Waals surface area contributed by atoms with Gasteiger partial charge in [-0.15, -0.1) is 0 Å². The van der Waals surface area contributed by atoms with Crippen LogP contribution >= 0.6 is 0 Å². The number of Topliss-reactive ketones (excluding diaryl/α,β-unsaturated/α-hetero) is 1. The van der Waals surface area contributed by atoms with Crippen LogP contribution in [0.25, 0.3) is 0 Å². The molecule has 5 nitrogen and oxygen atoms in total. The van der Waals surface area contributed by atoms with Gasteiger partial charge in [-0.1, -0.05) is 13.8 Å².